The van der Waals surface area contributed by atoms with Gasteiger partial charge in [0.1, 0.15) is 17.3 Å². The molecule has 1 unspecified atom stereocenters. The molecule has 0 bridgehead atoms. The van der Waals surface area contributed by atoms with Crippen LogP contribution in [0.25, 0.3) is 0 Å². The van der Waals surface area contributed by atoms with E-state index in [1.807, 2.05) is 27.7 Å². The third-order valence-electron chi connectivity index (χ3n) is 3.20. The maximum Gasteiger partial charge on any atom is 3.00 e. The second kappa shape index (κ2) is 30.1. The first-order valence-electron chi connectivity index (χ1n) is 10.6. The Kier molecular flexibility index (Phi) is 37.7. The molecule has 0 aromatic carbocycles. The molecular formula is C22H37O10Ti. The summed E-state index contributed by atoms with van der Waals surface area (Å²) in [6, 6.07) is 0. The Morgan fingerprint density at radius 3 is 0.879 bits per heavy atom. The van der Waals surface area contributed by atoms with Crippen LogP contribution in [0.5, 0.6) is 0 Å². The zero-order valence-electron chi connectivity index (χ0n) is 20.3. The molecule has 0 saturated heterocycles. The molecule has 0 aliphatic heterocycles. The normalized spacial score (nSPS) is 9.64. The SMILES string of the molecule is CCC(C)O.CCCC(=O)CC(=O)[O-].CCCC(=O)CC(=O)[O-].CCCC(=O)CC(=O)[O-].[Ti+3]. The van der Waals surface area contributed by atoms with Crippen molar-refractivity contribution in [1.82, 2.24) is 0 Å². The van der Waals surface area contributed by atoms with Gasteiger partial charge in [0, 0.05) is 56.4 Å². The number of carbonyl (C=O) groups excluding carboxylic acids is 6. The monoisotopic (exact) mass is 509 g/mol. The summed E-state index contributed by atoms with van der Waals surface area (Å²) in [7, 11) is 0. The average Bonchev–Trinajstić information content (AvgIpc) is 2.62. The van der Waals surface area contributed by atoms with E-state index >= 15 is 0 Å². The van der Waals surface area contributed by atoms with Crippen molar-refractivity contribution in [3.63, 3.8) is 0 Å². The Hall–Kier alpha value is -1.91. The topological polar surface area (TPSA) is 192 Å². The van der Waals surface area contributed by atoms with E-state index in [0.717, 1.165) is 6.42 Å². The van der Waals surface area contributed by atoms with Gasteiger partial charge in [0.25, 0.3) is 0 Å². The predicted octanol–water partition coefficient (Wildman–Crippen LogP) is -0.738. The van der Waals surface area contributed by atoms with Gasteiger partial charge < -0.3 is 34.8 Å². The summed E-state index contributed by atoms with van der Waals surface area (Å²) < 4.78 is 0. The molecule has 0 aromatic rings. The largest absolute Gasteiger partial charge is 3.00 e. The van der Waals surface area contributed by atoms with Crippen molar-refractivity contribution in [2.45, 2.75) is 105 Å². The van der Waals surface area contributed by atoms with E-state index in [9.17, 15) is 44.1 Å². The summed E-state index contributed by atoms with van der Waals surface area (Å²) in [5, 5.41) is 37.6. The Balaban J connectivity index is -0.000000107. The molecule has 0 fully saturated rings. The standard InChI is InChI=1S/3C6H10O3.C4H10O.Ti/c3*1-2-3-5(7)4-6(8)9;1-3-4(2)5;/h3*2-4H2,1H3,(H,8,9);4-5H,3H2,1-2H3;/q;;;;+3/p-3. The van der Waals surface area contributed by atoms with Gasteiger partial charge in [0.15, 0.2) is 0 Å². The van der Waals surface area contributed by atoms with Crippen molar-refractivity contribution < 1.29 is 70.9 Å². The fourth-order valence-electron chi connectivity index (χ4n) is 1.58. The van der Waals surface area contributed by atoms with Crippen LogP contribution < -0.4 is 15.3 Å². The maximum atomic E-state index is 10.4. The van der Waals surface area contributed by atoms with E-state index in [0.29, 0.717) is 38.5 Å². The maximum absolute atomic E-state index is 10.4. The average molecular weight is 509 g/mol. The molecule has 0 aromatic heterocycles. The molecule has 1 radical (unpaired) electrons. The molecule has 10 nitrogen and oxygen atoms in total. The minimum absolute atomic E-state index is 0. The summed E-state index contributed by atoms with van der Waals surface area (Å²) in [6.07, 6.45) is 2.56. The summed E-state index contributed by atoms with van der Waals surface area (Å²) in [4.78, 5) is 60.6. The Morgan fingerprint density at radius 2 is 0.788 bits per heavy atom. The molecule has 0 spiro atoms. The van der Waals surface area contributed by atoms with Crippen LogP contribution >= 0.6 is 0 Å². The van der Waals surface area contributed by atoms with E-state index in [2.05, 4.69) is 0 Å². The number of Topliss-reactive ketones (excluding diaryl/α,β-unsaturated/α-hetero) is 3. The number of aliphatic carboxylic acids is 3. The third kappa shape index (κ3) is 53.4. The smallest absolute Gasteiger partial charge is 0.550 e. The zero-order valence-corrected chi connectivity index (χ0v) is 21.8. The Morgan fingerprint density at radius 1 is 0.606 bits per heavy atom. The van der Waals surface area contributed by atoms with Gasteiger partial charge in [-0.05, 0) is 32.6 Å². The van der Waals surface area contributed by atoms with Gasteiger partial charge in [0.05, 0.1) is 6.10 Å². The first-order chi connectivity index (χ1) is 14.8. The minimum atomic E-state index is -1.28. The van der Waals surface area contributed by atoms with Crippen LogP contribution in [0, 0.1) is 0 Å². The number of aliphatic hydroxyl groups excluding tert-OH is 1. The van der Waals surface area contributed by atoms with Crippen molar-refractivity contribution in [1.29, 1.82) is 0 Å². The van der Waals surface area contributed by atoms with E-state index in [1.165, 1.54) is 0 Å². The van der Waals surface area contributed by atoms with E-state index in [-0.39, 0.29) is 45.2 Å². The molecule has 0 aliphatic carbocycles. The second-order valence-corrected chi connectivity index (χ2v) is 6.77. The number of hydrogen-bond donors (Lipinski definition) is 1. The quantitative estimate of drug-likeness (QED) is 0.244. The van der Waals surface area contributed by atoms with Crippen molar-refractivity contribution >= 4 is 35.3 Å². The van der Waals surface area contributed by atoms with Gasteiger partial charge in [-0.25, -0.2) is 0 Å². The van der Waals surface area contributed by atoms with Gasteiger partial charge in [-0.3, -0.25) is 14.4 Å². The number of carbonyl (C=O) groups is 6. The van der Waals surface area contributed by atoms with Crippen LogP contribution in [-0.2, 0) is 50.5 Å². The van der Waals surface area contributed by atoms with Crippen molar-refractivity contribution in [3.8, 4) is 0 Å². The fourth-order valence-corrected chi connectivity index (χ4v) is 1.58. The fraction of sp³-hybridized carbons (Fsp3) is 0.727. The Bertz CT molecular complexity index is 488. The first-order valence-corrected chi connectivity index (χ1v) is 10.6. The minimum Gasteiger partial charge on any atom is -0.550 e. The van der Waals surface area contributed by atoms with Gasteiger partial charge in [0.2, 0.25) is 0 Å². The van der Waals surface area contributed by atoms with Crippen LogP contribution in [0.15, 0.2) is 0 Å². The zero-order chi connectivity index (χ0) is 26.1. The molecule has 0 amide bonds. The van der Waals surface area contributed by atoms with Crippen molar-refractivity contribution in [3.05, 3.63) is 0 Å². The summed E-state index contributed by atoms with van der Waals surface area (Å²) in [6.45, 7) is 9.21. The number of ketones is 3. The molecule has 1 atom stereocenters. The summed E-state index contributed by atoms with van der Waals surface area (Å²) >= 11 is 0. The molecule has 11 heteroatoms. The molecule has 33 heavy (non-hydrogen) atoms. The van der Waals surface area contributed by atoms with E-state index in [1.54, 1.807) is 6.92 Å². The molecule has 0 rings (SSSR count). The number of hydrogen-bond acceptors (Lipinski definition) is 10. The van der Waals surface area contributed by atoms with Crippen molar-refractivity contribution in [2.24, 2.45) is 0 Å². The summed E-state index contributed by atoms with van der Waals surface area (Å²) in [5.41, 5.74) is 0. The van der Waals surface area contributed by atoms with Crippen LogP contribution in [0.3, 0.4) is 0 Å². The van der Waals surface area contributed by atoms with Gasteiger partial charge in [-0.1, -0.05) is 27.7 Å². The van der Waals surface area contributed by atoms with E-state index in [4.69, 9.17) is 5.11 Å². The van der Waals surface area contributed by atoms with Crippen LogP contribution in [0.2, 0.25) is 0 Å². The molecular weight excluding hydrogens is 472 g/mol. The van der Waals surface area contributed by atoms with Crippen LogP contribution in [0.1, 0.15) is 98.8 Å². The molecule has 0 saturated carbocycles. The van der Waals surface area contributed by atoms with Gasteiger partial charge in [-0.15, -0.1) is 0 Å². The van der Waals surface area contributed by atoms with Crippen LogP contribution in [0.4, 0.5) is 0 Å². The number of carboxylic acid groups (broad SMARTS) is 3. The first kappa shape index (κ1) is 41.4. The number of carboxylic acids is 3. The van der Waals surface area contributed by atoms with E-state index < -0.39 is 37.2 Å². The molecule has 1 N–H and O–H groups in total. The number of aliphatic hydroxyl groups is 1. The summed E-state index contributed by atoms with van der Waals surface area (Å²) in [5.74, 6) is -4.61. The molecule has 0 aliphatic rings. The number of rotatable bonds is 13. The van der Waals surface area contributed by atoms with Crippen LogP contribution in [-0.4, -0.2) is 46.5 Å². The Labute approximate surface area is 211 Å². The molecule has 189 valence electrons. The second-order valence-electron chi connectivity index (χ2n) is 6.77. The van der Waals surface area contributed by atoms with Gasteiger partial charge in [-0.2, -0.15) is 0 Å². The predicted molar refractivity (Wildman–Crippen MR) is 111 cm³/mol. The van der Waals surface area contributed by atoms with Crippen molar-refractivity contribution in [2.75, 3.05) is 0 Å². The molecule has 0 heterocycles. The third-order valence-corrected chi connectivity index (χ3v) is 3.20. The van der Waals surface area contributed by atoms with Gasteiger partial charge >= 0.3 is 21.7 Å².